The Morgan fingerprint density at radius 3 is 2.20 bits per heavy atom. The minimum Gasteiger partial charge on any atom is -0.481 e. The average molecular weight is 337 g/mol. The van der Waals surface area contributed by atoms with Gasteiger partial charge in [0.2, 0.25) is 0 Å². The number of rotatable bonds is 6. The summed E-state index contributed by atoms with van der Waals surface area (Å²) in [6, 6.07) is 16.3. The highest BCUT2D eigenvalue weighted by Crippen LogP contribution is 2.44. The standard InChI is InChI=1S/C20H19NO4/c22-19(23)11-5-6-12-21-20(24)25-13-18-16-9-3-1-7-14(16)15-8-2-4-10-17(15)18/h1-10,18H,11-13H2,(H,21,24)(H,22,23)/b6-5+. The molecule has 0 aromatic heterocycles. The van der Waals surface area contributed by atoms with Gasteiger partial charge in [0.15, 0.2) is 0 Å². The molecule has 0 saturated heterocycles. The number of carboxylic acids is 1. The molecule has 0 saturated carbocycles. The van der Waals surface area contributed by atoms with Crippen LogP contribution >= 0.6 is 0 Å². The van der Waals surface area contributed by atoms with Crippen molar-refractivity contribution < 1.29 is 19.4 Å². The van der Waals surface area contributed by atoms with Gasteiger partial charge in [-0.2, -0.15) is 0 Å². The van der Waals surface area contributed by atoms with Crippen molar-refractivity contribution in [1.82, 2.24) is 5.32 Å². The van der Waals surface area contributed by atoms with E-state index in [1.807, 2.05) is 24.3 Å². The van der Waals surface area contributed by atoms with E-state index in [1.165, 1.54) is 17.2 Å². The maximum atomic E-state index is 11.8. The lowest BCUT2D eigenvalue weighted by molar-refractivity contribution is -0.136. The summed E-state index contributed by atoms with van der Waals surface area (Å²) in [4.78, 5) is 22.2. The van der Waals surface area contributed by atoms with Crippen molar-refractivity contribution in [2.24, 2.45) is 0 Å². The lowest BCUT2D eigenvalue weighted by atomic mass is 9.98. The van der Waals surface area contributed by atoms with Gasteiger partial charge in [-0.25, -0.2) is 4.79 Å². The van der Waals surface area contributed by atoms with Crippen LogP contribution in [0.15, 0.2) is 60.7 Å². The largest absolute Gasteiger partial charge is 0.481 e. The van der Waals surface area contributed by atoms with E-state index in [0.717, 1.165) is 11.1 Å². The second kappa shape index (κ2) is 7.66. The summed E-state index contributed by atoms with van der Waals surface area (Å²) in [5.74, 6) is -0.877. The van der Waals surface area contributed by atoms with Gasteiger partial charge in [0.1, 0.15) is 6.61 Å². The quantitative estimate of drug-likeness (QED) is 0.790. The fourth-order valence-electron chi connectivity index (χ4n) is 3.06. The number of carboxylic acid groups (broad SMARTS) is 1. The van der Waals surface area contributed by atoms with Crippen LogP contribution in [0.5, 0.6) is 0 Å². The highest BCUT2D eigenvalue weighted by molar-refractivity contribution is 5.79. The maximum absolute atomic E-state index is 11.8. The van der Waals surface area contributed by atoms with Gasteiger partial charge in [-0.05, 0) is 22.3 Å². The minimum atomic E-state index is -0.905. The lowest BCUT2D eigenvalue weighted by Gasteiger charge is -2.14. The van der Waals surface area contributed by atoms with Gasteiger partial charge in [-0.3, -0.25) is 4.79 Å². The van der Waals surface area contributed by atoms with Crippen LogP contribution in [-0.2, 0) is 9.53 Å². The maximum Gasteiger partial charge on any atom is 0.407 e. The molecule has 1 aliphatic rings. The molecule has 2 N–H and O–H groups in total. The fraction of sp³-hybridized carbons (Fsp3) is 0.200. The first kappa shape index (κ1) is 16.8. The van der Waals surface area contributed by atoms with Crippen LogP contribution in [0.2, 0.25) is 0 Å². The molecule has 0 atom stereocenters. The minimum absolute atomic E-state index is 0.0284. The molecule has 0 unspecified atom stereocenters. The van der Waals surface area contributed by atoms with Gasteiger partial charge in [0.05, 0.1) is 6.42 Å². The summed E-state index contributed by atoms with van der Waals surface area (Å²) >= 11 is 0. The van der Waals surface area contributed by atoms with Crippen LogP contribution in [-0.4, -0.2) is 30.3 Å². The molecule has 5 nitrogen and oxygen atoms in total. The van der Waals surface area contributed by atoms with E-state index in [4.69, 9.17) is 9.84 Å². The number of hydrogen-bond donors (Lipinski definition) is 2. The molecule has 128 valence electrons. The third-order valence-electron chi connectivity index (χ3n) is 4.17. The number of ether oxygens (including phenoxy) is 1. The number of nitrogens with one attached hydrogen (secondary N) is 1. The Balaban J connectivity index is 1.59. The second-order valence-corrected chi connectivity index (χ2v) is 5.78. The Morgan fingerprint density at radius 1 is 1.00 bits per heavy atom. The molecule has 1 aliphatic carbocycles. The van der Waals surface area contributed by atoms with Crippen molar-refractivity contribution in [3.05, 3.63) is 71.8 Å². The molecule has 0 aliphatic heterocycles. The molecule has 25 heavy (non-hydrogen) atoms. The molecular formula is C20H19NO4. The highest BCUT2D eigenvalue weighted by Gasteiger charge is 2.28. The second-order valence-electron chi connectivity index (χ2n) is 5.78. The number of amides is 1. The average Bonchev–Trinajstić information content (AvgIpc) is 2.93. The Kier molecular flexibility index (Phi) is 5.14. The van der Waals surface area contributed by atoms with E-state index in [1.54, 1.807) is 6.08 Å². The molecule has 0 radical (unpaired) electrons. The van der Waals surface area contributed by atoms with E-state index in [9.17, 15) is 9.59 Å². The molecule has 0 heterocycles. The van der Waals surface area contributed by atoms with E-state index >= 15 is 0 Å². The van der Waals surface area contributed by atoms with Gasteiger partial charge in [-0.15, -0.1) is 0 Å². The zero-order chi connectivity index (χ0) is 17.6. The number of benzene rings is 2. The van der Waals surface area contributed by atoms with Crippen LogP contribution < -0.4 is 5.32 Å². The van der Waals surface area contributed by atoms with Crippen molar-refractivity contribution in [3.63, 3.8) is 0 Å². The summed E-state index contributed by atoms with van der Waals surface area (Å²) < 4.78 is 5.37. The summed E-state index contributed by atoms with van der Waals surface area (Å²) in [5.41, 5.74) is 4.70. The zero-order valence-corrected chi connectivity index (χ0v) is 13.6. The van der Waals surface area contributed by atoms with Gasteiger partial charge >= 0.3 is 12.1 Å². The molecule has 5 heteroatoms. The molecule has 0 bridgehead atoms. The Labute approximate surface area is 145 Å². The van der Waals surface area contributed by atoms with E-state index < -0.39 is 12.1 Å². The number of alkyl carbamates (subject to hydrolysis) is 1. The predicted molar refractivity (Wildman–Crippen MR) is 94.5 cm³/mol. The number of carbonyl (C=O) groups is 2. The SMILES string of the molecule is O=C(O)C/C=C/CNC(=O)OCC1c2ccccc2-c2ccccc21. The topological polar surface area (TPSA) is 75.6 Å². The van der Waals surface area contributed by atoms with Gasteiger partial charge in [0.25, 0.3) is 0 Å². The van der Waals surface area contributed by atoms with E-state index in [2.05, 4.69) is 29.6 Å². The smallest absolute Gasteiger partial charge is 0.407 e. The monoisotopic (exact) mass is 337 g/mol. The Hall–Kier alpha value is -3.08. The summed E-state index contributed by atoms with van der Waals surface area (Å²) in [7, 11) is 0. The number of hydrogen-bond acceptors (Lipinski definition) is 3. The third kappa shape index (κ3) is 3.88. The summed E-state index contributed by atoms with van der Waals surface area (Å²) in [6.07, 6.45) is 2.51. The molecular weight excluding hydrogens is 318 g/mol. The van der Waals surface area contributed by atoms with Crippen molar-refractivity contribution >= 4 is 12.1 Å². The first-order valence-corrected chi connectivity index (χ1v) is 8.12. The van der Waals surface area contributed by atoms with Crippen molar-refractivity contribution in [2.45, 2.75) is 12.3 Å². The van der Waals surface area contributed by atoms with Crippen LogP contribution in [0.25, 0.3) is 11.1 Å². The van der Waals surface area contributed by atoms with Crippen LogP contribution in [0.1, 0.15) is 23.5 Å². The molecule has 2 aromatic carbocycles. The van der Waals surface area contributed by atoms with Gasteiger partial charge in [-0.1, -0.05) is 60.7 Å². The van der Waals surface area contributed by atoms with Crippen LogP contribution in [0.4, 0.5) is 4.79 Å². The Bertz CT molecular complexity index is 767. The normalized spacial score (nSPS) is 12.6. The summed E-state index contributed by atoms with van der Waals surface area (Å²) in [5, 5.41) is 11.1. The number of fused-ring (bicyclic) bond motifs is 3. The molecule has 3 rings (SSSR count). The van der Waals surface area contributed by atoms with Gasteiger partial charge in [0, 0.05) is 12.5 Å². The van der Waals surface area contributed by atoms with Crippen molar-refractivity contribution in [3.8, 4) is 11.1 Å². The summed E-state index contributed by atoms with van der Waals surface area (Å²) in [6.45, 7) is 0.503. The Morgan fingerprint density at radius 2 is 1.60 bits per heavy atom. The first-order chi connectivity index (χ1) is 12.2. The molecule has 1 amide bonds. The number of carbonyl (C=O) groups excluding carboxylic acids is 1. The molecule has 0 spiro atoms. The fourth-order valence-corrected chi connectivity index (χ4v) is 3.06. The van der Waals surface area contributed by atoms with Crippen LogP contribution in [0.3, 0.4) is 0 Å². The van der Waals surface area contributed by atoms with Gasteiger partial charge < -0.3 is 15.2 Å². The number of aliphatic carboxylic acids is 1. The molecule has 0 fully saturated rings. The van der Waals surface area contributed by atoms with Crippen molar-refractivity contribution in [2.75, 3.05) is 13.2 Å². The highest BCUT2D eigenvalue weighted by atomic mass is 16.5. The molecule has 2 aromatic rings. The zero-order valence-electron chi connectivity index (χ0n) is 13.6. The lowest BCUT2D eigenvalue weighted by Crippen LogP contribution is -2.26. The van der Waals surface area contributed by atoms with Crippen LogP contribution in [0, 0.1) is 0 Å². The van der Waals surface area contributed by atoms with E-state index in [0.29, 0.717) is 0 Å². The van der Waals surface area contributed by atoms with Crippen molar-refractivity contribution in [1.29, 1.82) is 0 Å². The van der Waals surface area contributed by atoms with E-state index in [-0.39, 0.29) is 25.5 Å². The predicted octanol–water partition coefficient (Wildman–Crippen LogP) is 3.56. The first-order valence-electron chi connectivity index (χ1n) is 8.12. The third-order valence-corrected chi connectivity index (χ3v) is 4.17.